The van der Waals surface area contributed by atoms with Gasteiger partial charge >= 0.3 is 0 Å². The van der Waals surface area contributed by atoms with Gasteiger partial charge in [-0.2, -0.15) is 5.10 Å². The van der Waals surface area contributed by atoms with E-state index in [0.29, 0.717) is 43.1 Å². The van der Waals surface area contributed by atoms with Gasteiger partial charge in [-0.05, 0) is 44.5 Å². The number of halogens is 1. The van der Waals surface area contributed by atoms with Crippen molar-refractivity contribution in [1.29, 1.82) is 0 Å². The Morgan fingerprint density at radius 3 is 2.48 bits per heavy atom. The van der Waals surface area contributed by atoms with Crippen LogP contribution in [0, 0.1) is 0 Å². The van der Waals surface area contributed by atoms with E-state index < -0.39 is 5.54 Å². The van der Waals surface area contributed by atoms with E-state index in [9.17, 15) is 4.79 Å². The lowest BCUT2D eigenvalue weighted by Gasteiger charge is -2.36. The molecule has 3 rings (SSSR count). The monoisotopic (exact) mass is 424 g/mol. The highest BCUT2D eigenvalue weighted by atomic mass is 35.5. The number of piperidine rings is 1. The van der Waals surface area contributed by atoms with Gasteiger partial charge in [0, 0.05) is 24.5 Å². The highest BCUT2D eigenvalue weighted by molar-refractivity contribution is 5.85. The third-order valence-corrected chi connectivity index (χ3v) is 5.26. The van der Waals surface area contributed by atoms with Crippen molar-refractivity contribution in [2.45, 2.75) is 24.8 Å². The van der Waals surface area contributed by atoms with Crippen LogP contribution in [0.5, 0.6) is 17.2 Å². The van der Waals surface area contributed by atoms with E-state index in [1.807, 2.05) is 24.4 Å². The highest BCUT2D eigenvalue weighted by Gasteiger charge is 2.41. The fourth-order valence-electron chi connectivity index (χ4n) is 3.76. The smallest absolute Gasteiger partial charge is 0.248 e. The van der Waals surface area contributed by atoms with Gasteiger partial charge in [-0.15, -0.1) is 12.4 Å². The van der Waals surface area contributed by atoms with Gasteiger partial charge in [0.1, 0.15) is 5.54 Å². The molecule has 0 radical (unpaired) electrons. The van der Waals surface area contributed by atoms with Crippen molar-refractivity contribution in [2.75, 3.05) is 41.0 Å². The summed E-state index contributed by atoms with van der Waals surface area (Å²) in [6.45, 7) is 2.06. The van der Waals surface area contributed by atoms with Crippen LogP contribution in [0.15, 0.2) is 30.6 Å². The molecule has 1 aromatic carbocycles. The SMILES string of the molecule is COc1ccc(CCNC(=O)C2(n3cccn3)CCNCC2)c(OC)c1OC.Cl. The minimum absolute atomic E-state index is 0. The summed E-state index contributed by atoms with van der Waals surface area (Å²) in [7, 11) is 4.77. The fraction of sp³-hybridized carbons (Fsp3) is 0.500. The number of hydrogen-bond acceptors (Lipinski definition) is 6. The first-order valence-electron chi connectivity index (χ1n) is 9.43. The number of benzene rings is 1. The Hall–Kier alpha value is -2.45. The average molecular weight is 425 g/mol. The number of hydrogen-bond donors (Lipinski definition) is 2. The van der Waals surface area contributed by atoms with Gasteiger partial charge in [0.25, 0.3) is 0 Å². The summed E-state index contributed by atoms with van der Waals surface area (Å²) in [4.78, 5) is 13.1. The van der Waals surface area contributed by atoms with E-state index in [0.717, 1.165) is 18.7 Å². The Labute approximate surface area is 177 Å². The second-order valence-electron chi connectivity index (χ2n) is 6.73. The van der Waals surface area contributed by atoms with E-state index in [2.05, 4.69) is 15.7 Å². The summed E-state index contributed by atoms with van der Waals surface area (Å²) in [5.41, 5.74) is 0.301. The molecule has 0 spiro atoms. The van der Waals surface area contributed by atoms with Gasteiger partial charge in [-0.1, -0.05) is 6.07 Å². The standard InChI is InChI=1S/C20H28N4O4.ClH/c1-26-16-6-5-15(17(27-2)18(16)28-3)7-11-22-19(25)20(8-12-21-13-9-20)24-14-4-10-23-24;/h4-6,10,14,21H,7-9,11-13H2,1-3H3,(H,22,25);1H. The molecule has 1 aromatic heterocycles. The maximum absolute atomic E-state index is 13.1. The molecule has 1 saturated heterocycles. The Bertz CT molecular complexity index is 792. The van der Waals surface area contributed by atoms with Crippen LogP contribution >= 0.6 is 12.4 Å². The molecule has 9 heteroatoms. The Morgan fingerprint density at radius 2 is 1.90 bits per heavy atom. The minimum Gasteiger partial charge on any atom is -0.493 e. The molecular weight excluding hydrogens is 396 g/mol. The van der Waals surface area contributed by atoms with E-state index in [-0.39, 0.29) is 18.3 Å². The largest absolute Gasteiger partial charge is 0.493 e. The third-order valence-electron chi connectivity index (χ3n) is 5.26. The molecular formula is C20H29ClN4O4. The molecule has 1 aliphatic rings. The van der Waals surface area contributed by atoms with Crippen molar-refractivity contribution in [3.05, 3.63) is 36.2 Å². The van der Waals surface area contributed by atoms with Crippen LogP contribution in [0.2, 0.25) is 0 Å². The van der Waals surface area contributed by atoms with E-state index in [1.54, 1.807) is 32.2 Å². The predicted octanol–water partition coefficient (Wildman–Crippen LogP) is 1.77. The number of amides is 1. The average Bonchev–Trinajstić information content (AvgIpc) is 3.29. The predicted molar refractivity (Wildman–Crippen MR) is 112 cm³/mol. The van der Waals surface area contributed by atoms with Crippen LogP contribution in [0.1, 0.15) is 18.4 Å². The lowest BCUT2D eigenvalue weighted by Crippen LogP contribution is -2.54. The lowest BCUT2D eigenvalue weighted by atomic mass is 9.87. The molecule has 0 bridgehead atoms. The molecule has 2 heterocycles. The molecule has 2 aromatic rings. The number of carbonyl (C=O) groups is 1. The maximum atomic E-state index is 13.1. The minimum atomic E-state index is -0.642. The van der Waals surface area contributed by atoms with Gasteiger partial charge in [-0.25, -0.2) is 0 Å². The molecule has 0 saturated carbocycles. The van der Waals surface area contributed by atoms with Crippen LogP contribution in [-0.2, 0) is 16.8 Å². The van der Waals surface area contributed by atoms with Crippen LogP contribution in [0.3, 0.4) is 0 Å². The zero-order valence-corrected chi connectivity index (χ0v) is 17.9. The molecule has 1 fully saturated rings. The summed E-state index contributed by atoms with van der Waals surface area (Å²) in [5, 5.41) is 10.8. The maximum Gasteiger partial charge on any atom is 0.248 e. The summed E-state index contributed by atoms with van der Waals surface area (Å²) >= 11 is 0. The van der Waals surface area contributed by atoms with Crippen molar-refractivity contribution in [1.82, 2.24) is 20.4 Å². The van der Waals surface area contributed by atoms with E-state index >= 15 is 0 Å². The number of rotatable bonds is 8. The quantitative estimate of drug-likeness (QED) is 0.671. The van der Waals surface area contributed by atoms with Gasteiger partial charge in [-0.3, -0.25) is 9.48 Å². The first kappa shape index (κ1) is 22.8. The second-order valence-corrected chi connectivity index (χ2v) is 6.73. The number of nitrogens with one attached hydrogen (secondary N) is 2. The summed E-state index contributed by atoms with van der Waals surface area (Å²) in [6.07, 6.45) is 5.61. The zero-order chi connectivity index (χ0) is 20.0. The molecule has 8 nitrogen and oxygen atoms in total. The molecule has 1 amide bonds. The molecule has 1 aliphatic heterocycles. The summed E-state index contributed by atoms with van der Waals surface area (Å²) in [5.74, 6) is 1.79. The van der Waals surface area contributed by atoms with Gasteiger partial charge in [0.15, 0.2) is 11.5 Å². The summed E-state index contributed by atoms with van der Waals surface area (Å²) in [6, 6.07) is 5.63. The first-order valence-corrected chi connectivity index (χ1v) is 9.43. The molecule has 2 N–H and O–H groups in total. The summed E-state index contributed by atoms with van der Waals surface area (Å²) < 4.78 is 18.1. The first-order chi connectivity index (χ1) is 13.7. The van der Waals surface area contributed by atoms with Crippen LogP contribution in [0.4, 0.5) is 0 Å². The van der Waals surface area contributed by atoms with Crippen molar-refractivity contribution < 1.29 is 19.0 Å². The molecule has 0 aliphatic carbocycles. The van der Waals surface area contributed by atoms with Gasteiger partial charge in [0.2, 0.25) is 11.7 Å². The molecule has 29 heavy (non-hydrogen) atoms. The topological polar surface area (TPSA) is 86.6 Å². The fourth-order valence-corrected chi connectivity index (χ4v) is 3.76. The van der Waals surface area contributed by atoms with E-state index in [4.69, 9.17) is 14.2 Å². The number of carbonyl (C=O) groups excluding carboxylic acids is 1. The molecule has 160 valence electrons. The van der Waals surface area contributed by atoms with Gasteiger partial charge < -0.3 is 24.8 Å². The Morgan fingerprint density at radius 1 is 1.17 bits per heavy atom. The zero-order valence-electron chi connectivity index (χ0n) is 17.1. The second kappa shape index (κ2) is 10.4. The number of nitrogens with zero attached hydrogens (tertiary/aromatic N) is 2. The Kier molecular flexibility index (Phi) is 8.16. The molecule has 0 atom stereocenters. The Balaban J connectivity index is 0.00000300. The van der Waals surface area contributed by atoms with Crippen molar-refractivity contribution in [3.63, 3.8) is 0 Å². The number of aromatic nitrogens is 2. The van der Waals surface area contributed by atoms with Crippen molar-refractivity contribution in [2.24, 2.45) is 0 Å². The number of ether oxygens (including phenoxy) is 3. The van der Waals surface area contributed by atoms with E-state index in [1.165, 1.54) is 0 Å². The third kappa shape index (κ3) is 4.59. The van der Waals surface area contributed by atoms with Crippen LogP contribution in [0.25, 0.3) is 0 Å². The van der Waals surface area contributed by atoms with Crippen LogP contribution in [-0.4, -0.2) is 56.7 Å². The molecule has 0 unspecified atom stereocenters. The van der Waals surface area contributed by atoms with Crippen LogP contribution < -0.4 is 24.8 Å². The van der Waals surface area contributed by atoms with Gasteiger partial charge in [0.05, 0.1) is 21.3 Å². The highest BCUT2D eigenvalue weighted by Crippen LogP contribution is 2.39. The van der Waals surface area contributed by atoms with Crippen molar-refractivity contribution in [3.8, 4) is 17.2 Å². The number of methoxy groups -OCH3 is 3. The lowest BCUT2D eigenvalue weighted by molar-refractivity contribution is -0.131. The van der Waals surface area contributed by atoms with Crippen molar-refractivity contribution >= 4 is 18.3 Å². The normalized spacial score (nSPS) is 15.1.